The number of hydrogen-bond donors (Lipinski definition) is 0. The molecular weight excluding hydrogens is 246 g/mol. The lowest BCUT2D eigenvalue weighted by Gasteiger charge is -2.25. The molecule has 98 valence electrons. The summed E-state index contributed by atoms with van der Waals surface area (Å²) < 4.78 is 5.62. The molecule has 2 rings (SSSR count). The van der Waals surface area contributed by atoms with Gasteiger partial charge < -0.3 is 9.57 Å². The molecule has 1 aromatic carbocycles. The van der Waals surface area contributed by atoms with Gasteiger partial charge in [-0.15, -0.1) is 11.8 Å². The highest BCUT2D eigenvalue weighted by atomic mass is 32.2. The van der Waals surface area contributed by atoms with Crippen LogP contribution in [0.3, 0.4) is 0 Å². The Balaban J connectivity index is 2.08. The highest BCUT2D eigenvalue weighted by Gasteiger charge is 2.44. The molecular formula is C14H19NO2S. The van der Waals surface area contributed by atoms with Crippen molar-refractivity contribution in [1.82, 2.24) is 0 Å². The molecule has 0 aliphatic carbocycles. The number of hydrogen-bond acceptors (Lipinski definition) is 4. The average molecular weight is 265 g/mol. The van der Waals surface area contributed by atoms with Crippen molar-refractivity contribution in [2.75, 3.05) is 19.5 Å². The minimum atomic E-state index is -0.0590. The van der Waals surface area contributed by atoms with Crippen molar-refractivity contribution >= 4 is 17.7 Å². The molecule has 1 aliphatic heterocycles. The first-order valence-corrected chi connectivity index (χ1v) is 7.07. The molecule has 0 aromatic heterocycles. The predicted molar refractivity (Wildman–Crippen MR) is 74.8 cm³/mol. The summed E-state index contributed by atoms with van der Waals surface area (Å²) in [7, 11) is 1.56. The van der Waals surface area contributed by atoms with Crippen LogP contribution in [0.5, 0.6) is 0 Å². The summed E-state index contributed by atoms with van der Waals surface area (Å²) in [6.45, 7) is 5.11. The lowest BCUT2D eigenvalue weighted by Crippen LogP contribution is -2.31. The fraction of sp³-hybridized carbons (Fsp3) is 0.500. The van der Waals surface area contributed by atoms with E-state index in [1.165, 1.54) is 4.90 Å². The largest absolute Gasteiger partial charge is 0.478 e. The number of thioether (sulfide) groups is 1. The predicted octanol–water partition coefficient (Wildman–Crippen LogP) is 3.41. The Kier molecular flexibility index (Phi) is 4.17. The Labute approximate surface area is 113 Å². The summed E-state index contributed by atoms with van der Waals surface area (Å²) in [4.78, 5) is 6.15. The highest BCUT2D eigenvalue weighted by molar-refractivity contribution is 7.99. The van der Waals surface area contributed by atoms with E-state index < -0.39 is 0 Å². The zero-order valence-corrected chi connectivity index (χ0v) is 11.9. The van der Waals surface area contributed by atoms with Crippen LogP contribution < -0.4 is 0 Å². The summed E-state index contributed by atoms with van der Waals surface area (Å²) in [5, 5.41) is 4.02. The van der Waals surface area contributed by atoms with Gasteiger partial charge in [-0.1, -0.05) is 30.3 Å². The Morgan fingerprint density at radius 3 is 2.83 bits per heavy atom. The Morgan fingerprint density at radius 1 is 1.44 bits per heavy atom. The molecule has 1 saturated heterocycles. The quantitative estimate of drug-likeness (QED) is 0.617. The van der Waals surface area contributed by atoms with Crippen LogP contribution in [0.2, 0.25) is 0 Å². The van der Waals surface area contributed by atoms with Gasteiger partial charge in [0.05, 0.1) is 12.0 Å². The third kappa shape index (κ3) is 2.64. The first kappa shape index (κ1) is 13.3. The van der Waals surface area contributed by atoms with Gasteiger partial charge >= 0.3 is 0 Å². The molecule has 0 saturated carbocycles. The van der Waals surface area contributed by atoms with Crippen LogP contribution in [0.25, 0.3) is 0 Å². The van der Waals surface area contributed by atoms with Crippen LogP contribution in [0.15, 0.2) is 40.4 Å². The molecule has 4 heteroatoms. The van der Waals surface area contributed by atoms with Crippen molar-refractivity contribution in [3.63, 3.8) is 0 Å². The second-order valence-corrected chi connectivity index (χ2v) is 5.86. The zero-order valence-electron chi connectivity index (χ0n) is 11.1. The third-order valence-electron chi connectivity index (χ3n) is 3.50. The zero-order chi connectivity index (χ0) is 13.0. The van der Waals surface area contributed by atoms with Crippen LogP contribution in [-0.2, 0) is 9.57 Å². The first-order chi connectivity index (χ1) is 8.66. The maximum absolute atomic E-state index is 5.62. The molecule has 0 unspecified atom stereocenters. The van der Waals surface area contributed by atoms with Gasteiger partial charge in [0, 0.05) is 16.6 Å². The fourth-order valence-corrected chi connectivity index (χ4v) is 3.16. The maximum Gasteiger partial charge on any atom is 0.232 e. The molecule has 1 aromatic rings. The molecule has 3 nitrogen and oxygen atoms in total. The normalized spacial score (nSPS) is 29.3. The van der Waals surface area contributed by atoms with E-state index in [0.29, 0.717) is 12.5 Å². The first-order valence-electron chi connectivity index (χ1n) is 6.09. The Hall–Kier alpha value is -1.16. The van der Waals surface area contributed by atoms with Crippen molar-refractivity contribution in [2.24, 2.45) is 16.5 Å². The molecule has 1 heterocycles. The molecule has 1 fully saturated rings. The van der Waals surface area contributed by atoms with Gasteiger partial charge in [-0.25, -0.2) is 0 Å². The lowest BCUT2D eigenvalue weighted by molar-refractivity contribution is 0.194. The van der Waals surface area contributed by atoms with Crippen molar-refractivity contribution < 1.29 is 9.57 Å². The van der Waals surface area contributed by atoms with Crippen LogP contribution in [0, 0.1) is 11.3 Å². The number of nitrogens with zero attached hydrogens (tertiary/aromatic N) is 1. The van der Waals surface area contributed by atoms with Gasteiger partial charge in [0.1, 0.15) is 7.11 Å². The smallest absolute Gasteiger partial charge is 0.232 e. The van der Waals surface area contributed by atoms with Gasteiger partial charge in [-0.05, 0) is 19.1 Å². The van der Waals surface area contributed by atoms with E-state index in [-0.39, 0.29) is 5.41 Å². The average Bonchev–Trinajstić information content (AvgIpc) is 2.67. The van der Waals surface area contributed by atoms with Crippen molar-refractivity contribution in [2.45, 2.75) is 18.7 Å². The van der Waals surface area contributed by atoms with Gasteiger partial charge in [-0.2, -0.15) is 0 Å². The summed E-state index contributed by atoms with van der Waals surface area (Å²) in [6.07, 6.45) is 0. The van der Waals surface area contributed by atoms with Gasteiger partial charge in [0.25, 0.3) is 0 Å². The molecule has 2 atom stereocenters. The van der Waals surface area contributed by atoms with Crippen LogP contribution in [-0.4, -0.2) is 25.4 Å². The van der Waals surface area contributed by atoms with E-state index in [9.17, 15) is 0 Å². The Morgan fingerprint density at radius 2 is 2.17 bits per heavy atom. The van der Waals surface area contributed by atoms with Crippen LogP contribution >= 0.6 is 11.8 Å². The van der Waals surface area contributed by atoms with Crippen molar-refractivity contribution in [1.29, 1.82) is 0 Å². The summed E-state index contributed by atoms with van der Waals surface area (Å²) in [5.41, 5.74) is -0.0590. The van der Waals surface area contributed by atoms with Gasteiger partial charge in [0.2, 0.25) is 5.90 Å². The van der Waals surface area contributed by atoms with Crippen LogP contribution in [0.1, 0.15) is 13.8 Å². The lowest BCUT2D eigenvalue weighted by atomic mass is 9.82. The Bertz CT molecular complexity index is 421. The highest BCUT2D eigenvalue weighted by Crippen LogP contribution is 2.40. The monoisotopic (exact) mass is 265 g/mol. The fourth-order valence-electron chi connectivity index (χ4n) is 1.93. The minimum absolute atomic E-state index is 0.0590. The summed E-state index contributed by atoms with van der Waals surface area (Å²) in [6, 6.07) is 10.4. The second kappa shape index (κ2) is 5.65. The summed E-state index contributed by atoms with van der Waals surface area (Å²) >= 11 is 1.83. The van der Waals surface area contributed by atoms with E-state index in [2.05, 4.69) is 43.3 Å². The van der Waals surface area contributed by atoms with E-state index in [0.717, 1.165) is 11.7 Å². The van der Waals surface area contributed by atoms with E-state index in [4.69, 9.17) is 9.57 Å². The molecule has 18 heavy (non-hydrogen) atoms. The maximum atomic E-state index is 5.62. The van der Waals surface area contributed by atoms with E-state index >= 15 is 0 Å². The summed E-state index contributed by atoms with van der Waals surface area (Å²) in [5.74, 6) is 2.11. The molecule has 0 radical (unpaired) electrons. The van der Waals surface area contributed by atoms with Crippen molar-refractivity contribution in [3.8, 4) is 0 Å². The van der Waals surface area contributed by atoms with E-state index in [1.807, 2.05) is 17.8 Å². The van der Waals surface area contributed by atoms with Gasteiger partial charge in [0.15, 0.2) is 0 Å². The number of ether oxygens (including phenoxy) is 1. The third-order valence-corrected chi connectivity index (χ3v) is 4.85. The van der Waals surface area contributed by atoms with Gasteiger partial charge in [-0.3, -0.25) is 0 Å². The molecule has 0 spiro atoms. The minimum Gasteiger partial charge on any atom is -0.478 e. The standard InChI is InChI=1S/C14H19NO2S/c1-11-9-17-13(15-16-3)14(11,2)10-18-12-7-5-4-6-8-12/h4-8,11H,9-10H2,1-3H3/b15-13-/t11-,14+/m1/s1. The number of benzene rings is 1. The molecule has 0 bridgehead atoms. The SMILES string of the molecule is CO/N=C1\OC[C@@H](C)[C@]1(C)CSc1ccccc1. The van der Waals surface area contributed by atoms with Crippen molar-refractivity contribution in [3.05, 3.63) is 30.3 Å². The van der Waals surface area contributed by atoms with Crippen LogP contribution in [0.4, 0.5) is 0 Å². The topological polar surface area (TPSA) is 30.8 Å². The van der Waals surface area contributed by atoms with E-state index in [1.54, 1.807) is 7.11 Å². The second-order valence-electron chi connectivity index (χ2n) is 4.81. The number of rotatable bonds is 4. The molecule has 0 N–H and O–H groups in total. The molecule has 0 amide bonds. The number of oxime groups is 1. The molecule has 1 aliphatic rings.